The number of aliphatic hydroxyl groups is 1. The molecule has 5 heterocycles. The number of carbonyl (C=O) groups excluding carboxylic acids is 1. The average molecular weight is 494 g/mol. The zero-order chi connectivity index (χ0) is 25.2. The van der Waals surface area contributed by atoms with Gasteiger partial charge in [-0.3, -0.25) is 4.79 Å². The van der Waals surface area contributed by atoms with Crippen LogP contribution in [0.25, 0.3) is 22.3 Å². The summed E-state index contributed by atoms with van der Waals surface area (Å²) >= 11 is 0. The molecule has 3 aromatic rings. The van der Waals surface area contributed by atoms with Crippen molar-refractivity contribution in [3.63, 3.8) is 0 Å². The number of nitrogens with one attached hydrogen (secondary N) is 1. The maximum Gasteiger partial charge on any atom is 0.343 e. The highest BCUT2D eigenvalue weighted by molar-refractivity contribution is 5.98. The first kappa shape index (κ1) is 23.0. The quantitative estimate of drug-likeness (QED) is 0.307. The van der Waals surface area contributed by atoms with Crippen molar-refractivity contribution in [2.24, 2.45) is 0 Å². The zero-order valence-electron chi connectivity index (χ0n) is 20.3. The molecule has 0 saturated heterocycles. The molecule has 2 N–H and O–H groups in total. The van der Waals surface area contributed by atoms with Gasteiger partial charge >= 0.3 is 5.97 Å². The number of pyridine rings is 2. The molecule has 36 heavy (non-hydrogen) atoms. The van der Waals surface area contributed by atoms with Crippen molar-refractivity contribution in [2.75, 3.05) is 27.1 Å². The number of rotatable bonds is 6. The molecule has 0 fully saturated rings. The molecule has 10 nitrogen and oxygen atoms in total. The van der Waals surface area contributed by atoms with E-state index in [2.05, 4.69) is 5.32 Å². The number of hydrogen-bond donors (Lipinski definition) is 2. The van der Waals surface area contributed by atoms with Crippen LogP contribution < -0.4 is 20.3 Å². The minimum Gasteiger partial charge on any atom is -0.458 e. The van der Waals surface area contributed by atoms with Crippen LogP contribution in [0.3, 0.4) is 0 Å². The Labute approximate surface area is 206 Å². The monoisotopic (exact) mass is 493 g/mol. The molecule has 0 saturated carbocycles. The molecule has 0 aliphatic carbocycles. The number of fused-ring (bicyclic) bond motifs is 5. The van der Waals surface area contributed by atoms with Gasteiger partial charge in [-0.25, -0.2) is 9.78 Å². The highest BCUT2D eigenvalue weighted by Crippen LogP contribution is 2.47. The van der Waals surface area contributed by atoms with Crippen LogP contribution in [0.5, 0.6) is 11.5 Å². The van der Waals surface area contributed by atoms with E-state index in [9.17, 15) is 14.7 Å². The summed E-state index contributed by atoms with van der Waals surface area (Å²) in [7, 11) is 1.66. The summed E-state index contributed by atoms with van der Waals surface area (Å²) in [6, 6.07) is 5.57. The van der Waals surface area contributed by atoms with Crippen LogP contribution in [0.15, 0.2) is 23.0 Å². The summed E-state index contributed by atoms with van der Waals surface area (Å²) in [5.74, 6) is 0.572. The van der Waals surface area contributed by atoms with Gasteiger partial charge in [0.2, 0.25) is 6.79 Å². The highest BCUT2D eigenvalue weighted by Gasteiger charge is 2.45. The molecular formula is C26H27N3O7. The average Bonchev–Trinajstić information content (AvgIpc) is 3.26. The smallest absolute Gasteiger partial charge is 0.343 e. The van der Waals surface area contributed by atoms with Gasteiger partial charge in [-0.15, -0.1) is 0 Å². The Morgan fingerprint density at radius 2 is 2.08 bits per heavy atom. The fourth-order valence-corrected chi connectivity index (χ4v) is 5.40. The van der Waals surface area contributed by atoms with E-state index in [0.717, 1.165) is 16.5 Å². The Morgan fingerprint density at radius 1 is 1.25 bits per heavy atom. The summed E-state index contributed by atoms with van der Waals surface area (Å²) in [6.45, 7) is 5.13. The Balaban J connectivity index is 1.59. The van der Waals surface area contributed by atoms with Gasteiger partial charge in [-0.2, -0.15) is 0 Å². The summed E-state index contributed by atoms with van der Waals surface area (Å²) < 4.78 is 23.7. The van der Waals surface area contributed by atoms with Crippen LogP contribution in [0, 0.1) is 0 Å². The number of carbonyl (C=O) groups is 1. The first-order valence-corrected chi connectivity index (χ1v) is 12.0. The number of aromatic nitrogens is 2. The van der Waals surface area contributed by atoms with E-state index >= 15 is 0 Å². The molecule has 2 atom stereocenters. The maximum atomic E-state index is 13.5. The van der Waals surface area contributed by atoms with Crippen molar-refractivity contribution in [3.05, 3.63) is 50.8 Å². The lowest BCUT2D eigenvalue weighted by molar-refractivity contribution is -0.172. The van der Waals surface area contributed by atoms with E-state index in [0.29, 0.717) is 41.6 Å². The van der Waals surface area contributed by atoms with Crippen LogP contribution in [-0.2, 0) is 33.0 Å². The van der Waals surface area contributed by atoms with Gasteiger partial charge in [0.15, 0.2) is 5.60 Å². The van der Waals surface area contributed by atoms with Crippen LogP contribution in [0.4, 0.5) is 0 Å². The Morgan fingerprint density at radius 3 is 2.86 bits per heavy atom. The van der Waals surface area contributed by atoms with E-state index in [4.69, 9.17) is 23.9 Å². The number of esters is 1. The van der Waals surface area contributed by atoms with E-state index < -0.39 is 11.6 Å². The number of ether oxygens (including phenoxy) is 4. The molecule has 0 bridgehead atoms. The van der Waals surface area contributed by atoms with E-state index in [-0.39, 0.29) is 49.1 Å². The van der Waals surface area contributed by atoms with Gasteiger partial charge in [-0.1, -0.05) is 13.0 Å². The second-order valence-corrected chi connectivity index (χ2v) is 9.32. The van der Waals surface area contributed by atoms with Crippen LogP contribution in [-0.4, -0.2) is 47.7 Å². The van der Waals surface area contributed by atoms with Crippen molar-refractivity contribution < 1.29 is 28.8 Å². The first-order chi connectivity index (χ1) is 17.4. The molecule has 0 amide bonds. The van der Waals surface area contributed by atoms with Crippen molar-refractivity contribution in [1.82, 2.24) is 14.9 Å². The lowest BCUT2D eigenvalue weighted by Crippen LogP contribution is -2.44. The third-order valence-electron chi connectivity index (χ3n) is 7.42. The lowest BCUT2D eigenvalue weighted by atomic mass is 9.86. The van der Waals surface area contributed by atoms with Gasteiger partial charge in [0.25, 0.3) is 5.56 Å². The minimum absolute atomic E-state index is 0.0402. The van der Waals surface area contributed by atoms with Gasteiger partial charge in [0.05, 0.1) is 41.0 Å². The number of hydrogen-bond acceptors (Lipinski definition) is 9. The molecule has 10 heteroatoms. The summed E-state index contributed by atoms with van der Waals surface area (Å²) in [5, 5.41) is 15.4. The molecule has 0 spiro atoms. The van der Waals surface area contributed by atoms with Crippen LogP contribution >= 0.6 is 0 Å². The van der Waals surface area contributed by atoms with Gasteiger partial charge in [0, 0.05) is 30.8 Å². The largest absolute Gasteiger partial charge is 0.458 e. The first-order valence-electron chi connectivity index (χ1n) is 12.0. The number of cyclic esters (lactones) is 1. The van der Waals surface area contributed by atoms with Crippen molar-refractivity contribution in [3.8, 4) is 22.9 Å². The predicted octanol–water partition coefficient (Wildman–Crippen LogP) is 2.11. The van der Waals surface area contributed by atoms with Crippen LogP contribution in [0.2, 0.25) is 0 Å². The molecule has 0 radical (unpaired) electrons. The second kappa shape index (κ2) is 8.29. The zero-order valence-corrected chi connectivity index (χ0v) is 20.3. The molecule has 3 aliphatic rings. The normalized spacial score (nSPS) is 20.2. The standard InChI is InChI=1S/C26H27N3O7/c1-4-26(32)17-9-18-21-15(10-29(18)24(30)16(17)11-34-25(26)31)23-20-19(35-12-36-23)6-5-14(22(20)28-21)13(2)27-7-8-33-3/h5-6,9,13,27,32H,4,7-8,10-12H2,1-3H3/t13?,26-/m0/s1. The molecular weight excluding hydrogens is 466 g/mol. The van der Waals surface area contributed by atoms with E-state index in [1.807, 2.05) is 19.1 Å². The molecule has 1 aromatic carbocycles. The SMILES string of the molecule is CC[C@@]1(O)C(=O)OCc2c1cc1n(c2=O)Cc2c-1nc1c(C(C)NCCOC)ccc3c1c2OCO3. The predicted molar refractivity (Wildman–Crippen MR) is 129 cm³/mol. The highest BCUT2D eigenvalue weighted by atomic mass is 16.7. The number of methoxy groups -OCH3 is 1. The van der Waals surface area contributed by atoms with Gasteiger partial charge in [0.1, 0.15) is 18.1 Å². The van der Waals surface area contributed by atoms with Gasteiger partial charge in [-0.05, 0) is 31.0 Å². The van der Waals surface area contributed by atoms with E-state index in [1.54, 1.807) is 24.7 Å². The molecule has 3 aliphatic heterocycles. The third kappa shape index (κ3) is 3.11. The molecule has 2 aromatic heterocycles. The molecule has 6 rings (SSSR count). The minimum atomic E-state index is -1.88. The third-order valence-corrected chi connectivity index (χ3v) is 7.42. The summed E-state index contributed by atoms with van der Waals surface area (Å²) in [5.41, 5.74) is 1.97. The Bertz CT molecular complexity index is 1480. The Kier molecular flexibility index (Phi) is 5.29. The summed E-state index contributed by atoms with van der Waals surface area (Å²) in [6.07, 6.45) is 0.0869. The van der Waals surface area contributed by atoms with E-state index in [1.165, 1.54) is 0 Å². The van der Waals surface area contributed by atoms with Crippen molar-refractivity contribution in [1.29, 1.82) is 0 Å². The number of benzene rings is 1. The lowest BCUT2D eigenvalue weighted by Gasteiger charge is -2.31. The van der Waals surface area contributed by atoms with Crippen LogP contribution in [0.1, 0.15) is 48.6 Å². The number of nitrogens with zero attached hydrogens (tertiary/aromatic N) is 2. The topological polar surface area (TPSA) is 121 Å². The fraction of sp³-hybridized carbons (Fsp3) is 0.423. The molecule has 1 unspecified atom stereocenters. The van der Waals surface area contributed by atoms with Crippen molar-refractivity contribution >= 4 is 16.9 Å². The molecule has 188 valence electrons. The Hall–Kier alpha value is -3.47. The van der Waals surface area contributed by atoms with Crippen molar-refractivity contribution in [2.45, 2.75) is 45.1 Å². The second-order valence-electron chi connectivity index (χ2n) is 9.32. The maximum absolute atomic E-state index is 13.5. The summed E-state index contributed by atoms with van der Waals surface area (Å²) in [4.78, 5) is 31.0. The van der Waals surface area contributed by atoms with Gasteiger partial charge < -0.3 is 33.9 Å². The fourth-order valence-electron chi connectivity index (χ4n) is 5.40.